The molecule has 1 aromatic heterocycles. The number of amides is 1. The molecule has 1 N–H and O–H groups in total. The van der Waals surface area contributed by atoms with Gasteiger partial charge in [0, 0.05) is 36.6 Å². The van der Waals surface area contributed by atoms with Crippen LogP contribution in [0.2, 0.25) is 0 Å². The van der Waals surface area contributed by atoms with Gasteiger partial charge in [-0.25, -0.2) is 0 Å². The summed E-state index contributed by atoms with van der Waals surface area (Å²) < 4.78 is 0. The van der Waals surface area contributed by atoms with Crippen LogP contribution in [0, 0.1) is 0 Å². The third-order valence-corrected chi connectivity index (χ3v) is 2.15. The Balaban J connectivity index is 2.28. The average Bonchev–Trinajstić information content (AvgIpc) is 2.46. The van der Waals surface area contributed by atoms with Crippen molar-refractivity contribution < 1.29 is 9.90 Å². The van der Waals surface area contributed by atoms with E-state index < -0.39 is 0 Å². The molecule has 0 bridgehead atoms. The van der Waals surface area contributed by atoms with Gasteiger partial charge >= 0.3 is 0 Å². The summed E-state index contributed by atoms with van der Waals surface area (Å²) in [5.74, 6) is -0.00792. The van der Waals surface area contributed by atoms with Crippen LogP contribution in [-0.4, -0.2) is 34.0 Å². The van der Waals surface area contributed by atoms with Crippen LogP contribution in [0.3, 0.4) is 0 Å². The van der Waals surface area contributed by atoms with E-state index in [0.717, 1.165) is 5.56 Å². The zero-order valence-corrected chi connectivity index (χ0v) is 7.10. The van der Waals surface area contributed by atoms with Crippen molar-refractivity contribution >= 4 is 5.91 Å². The van der Waals surface area contributed by atoms with Crippen molar-refractivity contribution in [2.24, 2.45) is 0 Å². The molecule has 0 saturated heterocycles. The molecule has 0 aliphatic carbocycles. The molecular formula is C9H10N2O2. The van der Waals surface area contributed by atoms with Crippen LogP contribution in [0.5, 0.6) is 0 Å². The monoisotopic (exact) mass is 178 g/mol. The van der Waals surface area contributed by atoms with E-state index in [9.17, 15) is 4.79 Å². The summed E-state index contributed by atoms with van der Waals surface area (Å²) in [6.45, 7) is 0.975. The minimum atomic E-state index is -0.00792. The van der Waals surface area contributed by atoms with E-state index in [0.29, 0.717) is 18.7 Å². The molecule has 13 heavy (non-hydrogen) atoms. The molecule has 0 unspecified atom stereocenters. The molecule has 0 saturated carbocycles. The highest BCUT2D eigenvalue weighted by Crippen LogP contribution is 2.20. The third-order valence-electron chi connectivity index (χ3n) is 2.15. The minimum Gasteiger partial charge on any atom is -0.395 e. The molecule has 0 fully saturated rings. The van der Waals surface area contributed by atoms with E-state index in [-0.39, 0.29) is 12.5 Å². The molecule has 0 radical (unpaired) electrons. The zero-order chi connectivity index (χ0) is 9.26. The Kier molecular flexibility index (Phi) is 1.98. The second kappa shape index (κ2) is 3.14. The second-order valence-corrected chi connectivity index (χ2v) is 2.98. The molecule has 1 aliphatic rings. The summed E-state index contributed by atoms with van der Waals surface area (Å²) in [5, 5.41) is 8.71. The van der Waals surface area contributed by atoms with E-state index in [4.69, 9.17) is 5.11 Å². The number of carbonyl (C=O) groups is 1. The average molecular weight is 178 g/mol. The fourth-order valence-electron chi connectivity index (χ4n) is 1.51. The lowest BCUT2D eigenvalue weighted by Gasteiger charge is -2.12. The Morgan fingerprint density at radius 3 is 3.15 bits per heavy atom. The van der Waals surface area contributed by atoms with E-state index in [1.54, 1.807) is 23.4 Å². The molecule has 2 rings (SSSR count). The van der Waals surface area contributed by atoms with Gasteiger partial charge in [0.15, 0.2) is 0 Å². The Morgan fingerprint density at radius 1 is 1.62 bits per heavy atom. The van der Waals surface area contributed by atoms with Crippen molar-refractivity contribution in [2.45, 2.75) is 6.54 Å². The summed E-state index contributed by atoms with van der Waals surface area (Å²) in [4.78, 5) is 17.1. The van der Waals surface area contributed by atoms with Gasteiger partial charge in [0.1, 0.15) is 0 Å². The smallest absolute Gasteiger partial charge is 0.254 e. The number of aliphatic hydroxyl groups is 1. The fourth-order valence-corrected chi connectivity index (χ4v) is 1.51. The van der Waals surface area contributed by atoms with E-state index >= 15 is 0 Å². The highest BCUT2D eigenvalue weighted by atomic mass is 16.3. The number of carbonyl (C=O) groups excluding carboxylic acids is 1. The SMILES string of the molecule is O=C1c2ccncc2CN1CCO. The molecular weight excluding hydrogens is 168 g/mol. The van der Waals surface area contributed by atoms with Crippen LogP contribution in [0.15, 0.2) is 18.5 Å². The van der Waals surface area contributed by atoms with Gasteiger partial charge in [-0.05, 0) is 6.07 Å². The first-order valence-electron chi connectivity index (χ1n) is 4.16. The normalized spacial score (nSPS) is 14.8. The Labute approximate surface area is 75.8 Å². The topological polar surface area (TPSA) is 53.4 Å². The van der Waals surface area contributed by atoms with Crippen molar-refractivity contribution in [1.29, 1.82) is 0 Å². The lowest BCUT2D eigenvalue weighted by molar-refractivity contribution is 0.0745. The maximum Gasteiger partial charge on any atom is 0.254 e. The number of rotatable bonds is 2. The van der Waals surface area contributed by atoms with E-state index in [1.165, 1.54) is 0 Å². The Bertz CT molecular complexity index is 338. The fraction of sp³-hybridized carbons (Fsp3) is 0.333. The number of β-amino-alcohol motifs (C(OH)–C–C–N with tert-alkyl or cyclic N) is 1. The van der Waals surface area contributed by atoms with Crippen LogP contribution < -0.4 is 0 Å². The highest BCUT2D eigenvalue weighted by molar-refractivity contribution is 5.98. The van der Waals surface area contributed by atoms with Gasteiger partial charge < -0.3 is 10.0 Å². The van der Waals surface area contributed by atoms with Gasteiger partial charge in [0.25, 0.3) is 5.91 Å². The predicted octanol–water partition coefficient (Wildman–Crippen LogP) is 0.0297. The van der Waals surface area contributed by atoms with Gasteiger partial charge in [-0.1, -0.05) is 0 Å². The third kappa shape index (κ3) is 1.29. The molecule has 2 heterocycles. The van der Waals surface area contributed by atoms with Crippen molar-refractivity contribution in [1.82, 2.24) is 9.88 Å². The second-order valence-electron chi connectivity index (χ2n) is 2.98. The molecule has 4 nitrogen and oxygen atoms in total. The summed E-state index contributed by atoms with van der Waals surface area (Å²) >= 11 is 0. The first-order valence-corrected chi connectivity index (χ1v) is 4.16. The molecule has 0 aromatic carbocycles. The first kappa shape index (κ1) is 8.19. The molecule has 0 atom stereocenters. The molecule has 1 aromatic rings. The Hall–Kier alpha value is -1.42. The van der Waals surface area contributed by atoms with E-state index in [2.05, 4.69) is 4.98 Å². The maximum atomic E-state index is 11.6. The van der Waals surface area contributed by atoms with Crippen LogP contribution in [0.25, 0.3) is 0 Å². The lowest BCUT2D eigenvalue weighted by Crippen LogP contribution is -2.26. The number of hydrogen-bond donors (Lipinski definition) is 1. The van der Waals surface area contributed by atoms with Crippen LogP contribution >= 0.6 is 0 Å². The summed E-state index contributed by atoms with van der Waals surface area (Å²) in [7, 11) is 0. The van der Waals surface area contributed by atoms with Gasteiger partial charge in [-0.2, -0.15) is 0 Å². The molecule has 1 amide bonds. The Morgan fingerprint density at radius 2 is 2.46 bits per heavy atom. The summed E-state index contributed by atoms with van der Waals surface area (Å²) in [6, 6.07) is 1.72. The van der Waals surface area contributed by atoms with Crippen LogP contribution in [-0.2, 0) is 6.54 Å². The quantitative estimate of drug-likeness (QED) is 0.695. The number of aromatic nitrogens is 1. The standard InChI is InChI=1S/C9H10N2O2/c12-4-3-11-6-7-5-10-2-1-8(7)9(11)13/h1-2,5,12H,3-4,6H2. The van der Waals surface area contributed by atoms with Crippen molar-refractivity contribution in [2.75, 3.05) is 13.2 Å². The molecule has 4 heteroatoms. The van der Waals surface area contributed by atoms with Crippen molar-refractivity contribution in [3.05, 3.63) is 29.6 Å². The molecule has 0 spiro atoms. The number of hydrogen-bond acceptors (Lipinski definition) is 3. The van der Waals surface area contributed by atoms with Gasteiger partial charge in [0.05, 0.1) is 6.61 Å². The zero-order valence-electron chi connectivity index (χ0n) is 7.10. The highest BCUT2D eigenvalue weighted by Gasteiger charge is 2.26. The van der Waals surface area contributed by atoms with Crippen LogP contribution in [0.4, 0.5) is 0 Å². The lowest BCUT2D eigenvalue weighted by atomic mass is 10.2. The molecule has 1 aliphatic heterocycles. The molecule has 68 valence electrons. The van der Waals surface area contributed by atoms with Crippen LogP contribution in [0.1, 0.15) is 15.9 Å². The predicted molar refractivity (Wildman–Crippen MR) is 46.1 cm³/mol. The number of pyridine rings is 1. The first-order chi connectivity index (χ1) is 6.33. The largest absolute Gasteiger partial charge is 0.395 e. The van der Waals surface area contributed by atoms with Crippen molar-refractivity contribution in [3.63, 3.8) is 0 Å². The number of fused-ring (bicyclic) bond motifs is 1. The minimum absolute atomic E-state index is 0.00710. The summed E-state index contributed by atoms with van der Waals surface area (Å²) in [6.07, 6.45) is 3.31. The van der Waals surface area contributed by atoms with Gasteiger partial charge in [0.2, 0.25) is 0 Å². The van der Waals surface area contributed by atoms with Crippen molar-refractivity contribution in [3.8, 4) is 0 Å². The summed E-state index contributed by atoms with van der Waals surface area (Å²) in [5.41, 5.74) is 1.66. The number of nitrogens with zero attached hydrogens (tertiary/aromatic N) is 2. The van der Waals surface area contributed by atoms with Gasteiger partial charge in [-0.3, -0.25) is 9.78 Å². The van der Waals surface area contributed by atoms with Gasteiger partial charge in [-0.15, -0.1) is 0 Å². The number of aliphatic hydroxyl groups excluding tert-OH is 1. The van der Waals surface area contributed by atoms with E-state index in [1.807, 2.05) is 0 Å². The maximum absolute atomic E-state index is 11.6.